The monoisotopic (exact) mass is 356 g/mol. The number of nitro benzene ring substituents is 1. The van der Waals surface area contributed by atoms with Gasteiger partial charge >= 0.3 is 0 Å². The van der Waals surface area contributed by atoms with Crippen molar-refractivity contribution in [1.82, 2.24) is 0 Å². The summed E-state index contributed by atoms with van der Waals surface area (Å²) >= 11 is 6.50. The number of hydrogen-bond donors (Lipinski definition) is 0. The van der Waals surface area contributed by atoms with Crippen LogP contribution in [0.5, 0.6) is 0 Å². The smallest absolute Gasteiger partial charge is 0.268 e. The second-order valence-corrected chi connectivity index (χ2v) is 6.88. The van der Waals surface area contributed by atoms with E-state index < -0.39 is 4.92 Å². The van der Waals surface area contributed by atoms with Gasteiger partial charge in [0, 0.05) is 12.1 Å². The number of carbonyl (C=O) groups is 1. The third kappa shape index (κ3) is 3.22. The molecule has 1 heterocycles. The Hall–Kier alpha value is -2.51. The van der Waals surface area contributed by atoms with Crippen molar-refractivity contribution in [2.75, 3.05) is 4.90 Å². The van der Waals surface area contributed by atoms with Crippen LogP contribution in [0, 0.1) is 17.0 Å². The van der Waals surface area contributed by atoms with Gasteiger partial charge in [-0.3, -0.25) is 19.8 Å². The molecule has 2 aromatic carbocycles. The van der Waals surface area contributed by atoms with Gasteiger partial charge in [-0.15, -0.1) is 0 Å². The molecule has 1 amide bonds. The predicted octanol–water partition coefficient (Wildman–Crippen LogP) is 4.31. The van der Waals surface area contributed by atoms with Crippen LogP contribution >= 0.6 is 24.0 Å². The van der Waals surface area contributed by atoms with Crippen LogP contribution in [0.25, 0.3) is 6.08 Å². The predicted molar refractivity (Wildman–Crippen MR) is 99.9 cm³/mol. The number of nitro groups is 1. The van der Waals surface area contributed by atoms with Crippen LogP contribution in [0.15, 0.2) is 53.4 Å². The highest BCUT2D eigenvalue weighted by molar-refractivity contribution is 8.27. The number of carbonyl (C=O) groups excluding carboxylic acids is 1. The van der Waals surface area contributed by atoms with Gasteiger partial charge in [0.2, 0.25) is 0 Å². The van der Waals surface area contributed by atoms with E-state index in [1.54, 1.807) is 18.2 Å². The fraction of sp³-hybridized carbons (Fsp3) is 0.0588. The molecule has 0 spiro atoms. The van der Waals surface area contributed by atoms with Crippen LogP contribution < -0.4 is 4.90 Å². The summed E-state index contributed by atoms with van der Waals surface area (Å²) in [4.78, 5) is 25.0. The highest BCUT2D eigenvalue weighted by Crippen LogP contribution is 2.36. The number of rotatable bonds is 3. The van der Waals surface area contributed by atoms with Crippen molar-refractivity contribution in [3.05, 3.63) is 74.7 Å². The van der Waals surface area contributed by atoms with Crippen LogP contribution in [-0.2, 0) is 4.79 Å². The normalized spacial score (nSPS) is 16.0. The molecule has 0 aromatic heterocycles. The number of amides is 1. The molecule has 1 aliphatic rings. The van der Waals surface area contributed by atoms with Crippen molar-refractivity contribution in [3.63, 3.8) is 0 Å². The summed E-state index contributed by atoms with van der Waals surface area (Å²) in [6, 6.07) is 13.7. The lowest BCUT2D eigenvalue weighted by Crippen LogP contribution is -2.27. The van der Waals surface area contributed by atoms with Crippen LogP contribution in [-0.4, -0.2) is 15.2 Å². The minimum atomic E-state index is -0.463. The standard InChI is InChI=1S/C17H12N2O3S2/c1-11-5-7-13(8-6-11)18-16(20)15(24-17(18)23)10-12-3-2-4-14(9-12)19(21)22/h2-10H,1H3. The van der Waals surface area contributed by atoms with Gasteiger partial charge in [0.15, 0.2) is 4.32 Å². The molecule has 0 saturated carbocycles. The van der Waals surface area contributed by atoms with E-state index in [1.807, 2.05) is 31.2 Å². The summed E-state index contributed by atoms with van der Waals surface area (Å²) in [6.45, 7) is 1.97. The highest BCUT2D eigenvalue weighted by atomic mass is 32.2. The summed E-state index contributed by atoms with van der Waals surface area (Å²) in [5, 5.41) is 10.9. The largest absolute Gasteiger partial charge is 0.270 e. The fourth-order valence-corrected chi connectivity index (χ4v) is 3.56. The van der Waals surface area contributed by atoms with E-state index in [4.69, 9.17) is 12.2 Å². The number of anilines is 1. The van der Waals surface area contributed by atoms with Gasteiger partial charge in [0.05, 0.1) is 15.5 Å². The van der Waals surface area contributed by atoms with E-state index in [2.05, 4.69) is 0 Å². The zero-order chi connectivity index (χ0) is 17.3. The summed E-state index contributed by atoms with van der Waals surface area (Å²) < 4.78 is 0.445. The molecule has 1 aliphatic heterocycles. The maximum atomic E-state index is 12.6. The first-order valence-electron chi connectivity index (χ1n) is 7.05. The molecule has 1 saturated heterocycles. The molecule has 0 bridgehead atoms. The van der Waals surface area contributed by atoms with Crippen molar-refractivity contribution >= 4 is 51.7 Å². The fourth-order valence-electron chi connectivity index (χ4n) is 2.26. The molecule has 5 nitrogen and oxygen atoms in total. The lowest BCUT2D eigenvalue weighted by atomic mass is 10.2. The lowest BCUT2D eigenvalue weighted by Gasteiger charge is -2.14. The van der Waals surface area contributed by atoms with E-state index in [0.717, 1.165) is 5.56 Å². The second kappa shape index (κ2) is 6.54. The van der Waals surface area contributed by atoms with Gasteiger partial charge in [-0.2, -0.15) is 0 Å². The number of non-ortho nitro benzene ring substituents is 1. The van der Waals surface area contributed by atoms with E-state index in [-0.39, 0.29) is 11.6 Å². The molecule has 0 aliphatic carbocycles. The molecular formula is C17H12N2O3S2. The number of aryl methyl sites for hydroxylation is 1. The molecule has 0 unspecified atom stereocenters. The lowest BCUT2D eigenvalue weighted by molar-refractivity contribution is -0.384. The Kier molecular flexibility index (Phi) is 4.46. The summed E-state index contributed by atoms with van der Waals surface area (Å²) in [5.41, 5.74) is 2.38. The molecule has 0 N–H and O–H groups in total. The van der Waals surface area contributed by atoms with Gasteiger partial charge in [-0.25, -0.2) is 0 Å². The van der Waals surface area contributed by atoms with Crippen LogP contribution in [0.2, 0.25) is 0 Å². The Morgan fingerprint density at radius 3 is 2.58 bits per heavy atom. The number of hydrogen-bond acceptors (Lipinski definition) is 5. The first kappa shape index (κ1) is 16.4. The number of benzene rings is 2. The molecule has 7 heteroatoms. The number of thiocarbonyl (C=S) groups is 1. The molecule has 2 aromatic rings. The van der Waals surface area contributed by atoms with Gasteiger partial charge in [-0.1, -0.05) is 53.8 Å². The average Bonchev–Trinajstić information content (AvgIpc) is 2.83. The Morgan fingerprint density at radius 2 is 1.92 bits per heavy atom. The second-order valence-electron chi connectivity index (χ2n) is 5.20. The zero-order valence-electron chi connectivity index (χ0n) is 12.6. The first-order valence-corrected chi connectivity index (χ1v) is 8.27. The summed E-state index contributed by atoms with van der Waals surface area (Å²) in [7, 11) is 0. The third-order valence-electron chi connectivity index (χ3n) is 3.46. The molecule has 24 heavy (non-hydrogen) atoms. The molecule has 0 atom stereocenters. The third-order valence-corrected chi connectivity index (χ3v) is 4.77. The Labute approximate surface area is 148 Å². The number of nitrogens with zero attached hydrogens (tertiary/aromatic N) is 2. The molecule has 1 fully saturated rings. The Morgan fingerprint density at radius 1 is 1.21 bits per heavy atom. The first-order chi connectivity index (χ1) is 11.5. The van der Waals surface area contributed by atoms with E-state index in [0.29, 0.717) is 20.5 Å². The Bertz CT molecular complexity index is 876. The highest BCUT2D eigenvalue weighted by Gasteiger charge is 2.33. The quantitative estimate of drug-likeness (QED) is 0.355. The molecule has 0 radical (unpaired) electrons. The van der Waals surface area contributed by atoms with Gasteiger partial charge < -0.3 is 0 Å². The maximum Gasteiger partial charge on any atom is 0.270 e. The topological polar surface area (TPSA) is 63.5 Å². The summed E-state index contributed by atoms with van der Waals surface area (Å²) in [6.07, 6.45) is 1.63. The van der Waals surface area contributed by atoms with Crippen molar-refractivity contribution < 1.29 is 9.72 Å². The van der Waals surface area contributed by atoms with Crippen molar-refractivity contribution in [2.24, 2.45) is 0 Å². The molecule has 120 valence electrons. The molecule has 3 rings (SSSR count). The average molecular weight is 356 g/mol. The maximum absolute atomic E-state index is 12.6. The van der Waals surface area contributed by atoms with Gasteiger partial charge in [-0.05, 0) is 30.7 Å². The van der Waals surface area contributed by atoms with Crippen LogP contribution in [0.3, 0.4) is 0 Å². The summed E-state index contributed by atoms with van der Waals surface area (Å²) in [5.74, 6) is -0.222. The van der Waals surface area contributed by atoms with E-state index in [1.165, 1.54) is 28.8 Å². The Balaban J connectivity index is 1.92. The minimum absolute atomic E-state index is 0.0160. The van der Waals surface area contributed by atoms with Crippen LogP contribution in [0.1, 0.15) is 11.1 Å². The van der Waals surface area contributed by atoms with E-state index in [9.17, 15) is 14.9 Å². The van der Waals surface area contributed by atoms with Crippen molar-refractivity contribution in [3.8, 4) is 0 Å². The van der Waals surface area contributed by atoms with Crippen molar-refractivity contribution in [2.45, 2.75) is 6.92 Å². The van der Waals surface area contributed by atoms with Crippen LogP contribution in [0.4, 0.5) is 11.4 Å². The van der Waals surface area contributed by atoms with E-state index >= 15 is 0 Å². The zero-order valence-corrected chi connectivity index (χ0v) is 14.3. The SMILES string of the molecule is Cc1ccc(N2C(=O)C(=Cc3cccc([N+](=O)[O-])c3)SC2=S)cc1. The van der Waals surface area contributed by atoms with Gasteiger partial charge in [0.25, 0.3) is 11.6 Å². The number of thioether (sulfide) groups is 1. The van der Waals surface area contributed by atoms with Crippen molar-refractivity contribution in [1.29, 1.82) is 0 Å². The minimum Gasteiger partial charge on any atom is -0.268 e. The van der Waals surface area contributed by atoms with Gasteiger partial charge in [0.1, 0.15) is 0 Å². The molecular weight excluding hydrogens is 344 g/mol.